The highest BCUT2D eigenvalue weighted by molar-refractivity contribution is 6.19. The monoisotopic (exact) mass is 382 g/mol. The molecule has 0 aliphatic rings. The molecular formula is C28H18N2. The first kappa shape index (κ1) is 15.8. The molecule has 140 valence electrons. The van der Waals surface area contributed by atoms with Crippen LogP contribution in [0.3, 0.4) is 0 Å². The fraction of sp³-hybridized carbons (Fsp3) is 0. The molecule has 0 unspecified atom stereocenters. The molecule has 7 aromatic rings. The Labute approximate surface area is 173 Å². The number of rotatable bonds is 1. The van der Waals surface area contributed by atoms with Crippen LogP contribution in [0.1, 0.15) is 0 Å². The molecule has 30 heavy (non-hydrogen) atoms. The summed E-state index contributed by atoms with van der Waals surface area (Å²) in [4.78, 5) is 3.67. The van der Waals surface area contributed by atoms with Crippen molar-refractivity contribution in [3.8, 4) is 5.69 Å². The maximum Gasteiger partial charge on any atom is 0.0562 e. The second kappa shape index (κ2) is 5.74. The summed E-state index contributed by atoms with van der Waals surface area (Å²) in [5, 5.41) is 7.67. The average Bonchev–Trinajstić information content (AvgIpc) is 3.31. The number of para-hydroxylation sites is 2. The maximum absolute atomic E-state index is 3.67. The highest BCUT2D eigenvalue weighted by atomic mass is 15.0. The van der Waals surface area contributed by atoms with Gasteiger partial charge in [0, 0.05) is 38.3 Å². The Morgan fingerprint density at radius 3 is 2.00 bits per heavy atom. The van der Waals surface area contributed by atoms with Crippen molar-refractivity contribution in [1.29, 1.82) is 0 Å². The number of aromatic nitrogens is 2. The Morgan fingerprint density at radius 1 is 0.467 bits per heavy atom. The number of H-pyrrole nitrogens is 1. The van der Waals surface area contributed by atoms with Gasteiger partial charge in [-0.3, -0.25) is 0 Å². The van der Waals surface area contributed by atoms with E-state index in [1.165, 1.54) is 60.1 Å². The zero-order valence-corrected chi connectivity index (χ0v) is 16.3. The van der Waals surface area contributed by atoms with Crippen LogP contribution in [-0.2, 0) is 0 Å². The summed E-state index contributed by atoms with van der Waals surface area (Å²) in [5.41, 5.74) is 6.01. The maximum atomic E-state index is 3.67. The molecule has 2 aromatic heterocycles. The number of aromatic amines is 1. The van der Waals surface area contributed by atoms with Gasteiger partial charge >= 0.3 is 0 Å². The van der Waals surface area contributed by atoms with E-state index in [9.17, 15) is 0 Å². The molecule has 2 nitrogen and oxygen atoms in total. The van der Waals surface area contributed by atoms with E-state index < -0.39 is 0 Å². The molecule has 2 heteroatoms. The van der Waals surface area contributed by atoms with Crippen LogP contribution >= 0.6 is 0 Å². The molecule has 0 amide bonds. The fourth-order valence-corrected chi connectivity index (χ4v) is 4.91. The summed E-state index contributed by atoms with van der Waals surface area (Å²) in [6.07, 6.45) is 0. The standard InChI is InChI=1S/C28H18N2/c1-2-10-20(11-3-1)30-27-13-7-6-12-21(27)24-16-23-22-14-18-8-4-5-9-19(18)15-25(22)29-26(23)17-28(24)30/h1-17,29H. The molecule has 0 aliphatic carbocycles. The molecular weight excluding hydrogens is 364 g/mol. The molecule has 0 bridgehead atoms. The average molecular weight is 382 g/mol. The van der Waals surface area contributed by atoms with Gasteiger partial charge in [0.15, 0.2) is 0 Å². The van der Waals surface area contributed by atoms with E-state index in [0.29, 0.717) is 0 Å². The summed E-state index contributed by atoms with van der Waals surface area (Å²) < 4.78 is 2.37. The number of hydrogen-bond acceptors (Lipinski definition) is 0. The zero-order valence-electron chi connectivity index (χ0n) is 16.3. The first-order chi connectivity index (χ1) is 14.9. The smallest absolute Gasteiger partial charge is 0.0562 e. The molecule has 0 atom stereocenters. The predicted molar refractivity (Wildman–Crippen MR) is 128 cm³/mol. The highest BCUT2D eigenvalue weighted by Gasteiger charge is 2.15. The van der Waals surface area contributed by atoms with Gasteiger partial charge in [0.1, 0.15) is 0 Å². The summed E-state index contributed by atoms with van der Waals surface area (Å²) in [5.74, 6) is 0. The molecule has 0 spiro atoms. The van der Waals surface area contributed by atoms with Crippen LogP contribution in [0, 0.1) is 0 Å². The summed E-state index contributed by atoms with van der Waals surface area (Å²) in [6, 6.07) is 37.1. The summed E-state index contributed by atoms with van der Waals surface area (Å²) in [7, 11) is 0. The molecule has 0 radical (unpaired) electrons. The van der Waals surface area contributed by atoms with Gasteiger partial charge in [0.25, 0.3) is 0 Å². The molecule has 5 aromatic carbocycles. The SMILES string of the molecule is c1ccc(-n2c3ccccc3c3cc4c(cc32)[nH]c2cc3ccccc3cc24)cc1. The predicted octanol–water partition coefficient (Wildman–Crippen LogP) is 7.57. The van der Waals surface area contributed by atoms with Crippen LogP contribution in [0.25, 0.3) is 60.1 Å². The fourth-order valence-electron chi connectivity index (χ4n) is 4.91. The number of hydrogen-bond donors (Lipinski definition) is 1. The molecule has 0 saturated carbocycles. The van der Waals surface area contributed by atoms with E-state index in [1.807, 2.05) is 0 Å². The van der Waals surface area contributed by atoms with Crippen LogP contribution in [0.5, 0.6) is 0 Å². The Balaban J connectivity index is 1.66. The number of nitrogens with one attached hydrogen (secondary N) is 1. The van der Waals surface area contributed by atoms with Crippen molar-refractivity contribution in [2.24, 2.45) is 0 Å². The Kier molecular flexibility index (Phi) is 3.03. The quantitative estimate of drug-likeness (QED) is 0.302. The molecule has 0 aliphatic heterocycles. The second-order valence-corrected chi connectivity index (χ2v) is 7.97. The molecule has 0 fully saturated rings. The minimum absolute atomic E-state index is 1.17. The van der Waals surface area contributed by atoms with Crippen molar-refractivity contribution in [2.75, 3.05) is 0 Å². The van der Waals surface area contributed by atoms with Crippen molar-refractivity contribution in [3.63, 3.8) is 0 Å². The normalized spacial score (nSPS) is 12.0. The number of fused-ring (bicyclic) bond motifs is 7. The topological polar surface area (TPSA) is 20.7 Å². The van der Waals surface area contributed by atoms with Crippen LogP contribution in [0.15, 0.2) is 103 Å². The lowest BCUT2D eigenvalue weighted by atomic mass is 10.0. The highest BCUT2D eigenvalue weighted by Crippen LogP contribution is 2.37. The molecule has 7 rings (SSSR count). The van der Waals surface area contributed by atoms with Crippen LogP contribution < -0.4 is 0 Å². The van der Waals surface area contributed by atoms with E-state index in [2.05, 4.69) is 113 Å². The third-order valence-electron chi connectivity index (χ3n) is 6.27. The summed E-state index contributed by atoms with van der Waals surface area (Å²) in [6.45, 7) is 0. The molecule has 2 heterocycles. The third kappa shape index (κ3) is 2.08. The van der Waals surface area contributed by atoms with E-state index in [0.717, 1.165) is 0 Å². The molecule has 1 N–H and O–H groups in total. The van der Waals surface area contributed by atoms with Gasteiger partial charge in [-0.2, -0.15) is 0 Å². The van der Waals surface area contributed by atoms with Crippen molar-refractivity contribution < 1.29 is 0 Å². The van der Waals surface area contributed by atoms with E-state index >= 15 is 0 Å². The van der Waals surface area contributed by atoms with Gasteiger partial charge in [-0.15, -0.1) is 0 Å². The van der Waals surface area contributed by atoms with Crippen LogP contribution in [-0.4, -0.2) is 9.55 Å². The van der Waals surface area contributed by atoms with E-state index in [1.54, 1.807) is 0 Å². The zero-order chi connectivity index (χ0) is 19.7. The molecule has 0 saturated heterocycles. The van der Waals surface area contributed by atoms with Crippen molar-refractivity contribution in [2.45, 2.75) is 0 Å². The van der Waals surface area contributed by atoms with Crippen LogP contribution in [0.4, 0.5) is 0 Å². The van der Waals surface area contributed by atoms with Crippen molar-refractivity contribution in [3.05, 3.63) is 103 Å². The lowest BCUT2D eigenvalue weighted by Crippen LogP contribution is -1.92. The summed E-state index contributed by atoms with van der Waals surface area (Å²) >= 11 is 0. The Hall–Kier alpha value is -4.04. The minimum Gasteiger partial charge on any atom is -0.354 e. The third-order valence-corrected chi connectivity index (χ3v) is 6.27. The lowest BCUT2D eigenvalue weighted by molar-refractivity contribution is 1.18. The Morgan fingerprint density at radius 2 is 1.13 bits per heavy atom. The van der Waals surface area contributed by atoms with Crippen molar-refractivity contribution in [1.82, 2.24) is 9.55 Å². The van der Waals surface area contributed by atoms with E-state index in [4.69, 9.17) is 0 Å². The van der Waals surface area contributed by atoms with Gasteiger partial charge in [-0.25, -0.2) is 0 Å². The Bertz CT molecular complexity index is 1730. The lowest BCUT2D eigenvalue weighted by Gasteiger charge is -2.07. The van der Waals surface area contributed by atoms with Crippen LogP contribution in [0.2, 0.25) is 0 Å². The van der Waals surface area contributed by atoms with E-state index in [-0.39, 0.29) is 0 Å². The van der Waals surface area contributed by atoms with Crippen molar-refractivity contribution >= 4 is 54.4 Å². The minimum atomic E-state index is 1.17. The second-order valence-electron chi connectivity index (χ2n) is 7.97. The first-order valence-electron chi connectivity index (χ1n) is 10.3. The van der Waals surface area contributed by atoms with Gasteiger partial charge in [0.05, 0.1) is 11.0 Å². The van der Waals surface area contributed by atoms with Gasteiger partial charge in [0.2, 0.25) is 0 Å². The first-order valence-corrected chi connectivity index (χ1v) is 10.3. The van der Waals surface area contributed by atoms with Gasteiger partial charge in [-0.05, 0) is 53.2 Å². The van der Waals surface area contributed by atoms with Gasteiger partial charge < -0.3 is 9.55 Å². The number of benzene rings is 5. The van der Waals surface area contributed by atoms with Gasteiger partial charge in [-0.1, -0.05) is 60.7 Å². The number of nitrogens with zero attached hydrogens (tertiary/aromatic N) is 1. The largest absolute Gasteiger partial charge is 0.354 e.